The first kappa shape index (κ1) is 24.7. The molecule has 0 saturated heterocycles. The van der Waals surface area contributed by atoms with Gasteiger partial charge in [-0.15, -0.1) is 11.3 Å². The molecule has 1 amide bonds. The molecule has 5 rings (SSSR count). The second kappa shape index (κ2) is 10.5. The van der Waals surface area contributed by atoms with Crippen LogP contribution in [0.1, 0.15) is 40.7 Å². The summed E-state index contributed by atoms with van der Waals surface area (Å²) in [6.07, 6.45) is 3.23. The minimum atomic E-state index is -0.239. The van der Waals surface area contributed by atoms with Crippen LogP contribution in [0.25, 0.3) is 11.0 Å². The van der Waals surface area contributed by atoms with Crippen molar-refractivity contribution >= 4 is 62.4 Å². The number of benzene rings is 2. The van der Waals surface area contributed by atoms with Crippen molar-refractivity contribution in [3.05, 3.63) is 83.3 Å². The van der Waals surface area contributed by atoms with Crippen LogP contribution in [0.2, 0.25) is 0 Å². The Morgan fingerprint density at radius 1 is 1.03 bits per heavy atom. The summed E-state index contributed by atoms with van der Waals surface area (Å²) >= 11 is 2.99. The lowest BCUT2D eigenvalue weighted by atomic mass is 10.1. The van der Waals surface area contributed by atoms with Crippen LogP contribution in [0, 0.1) is 6.92 Å². The Hall–Kier alpha value is -4.02. The molecule has 0 unspecified atom stereocenters. The van der Waals surface area contributed by atoms with E-state index >= 15 is 0 Å². The Kier molecular flexibility index (Phi) is 7.02. The number of thiazole rings is 1. The number of aryl methyl sites for hydroxylation is 1. The average molecular weight is 528 g/mol. The van der Waals surface area contributed by atoms with Gasteiger partial charge < -0.3 is 11.1 Å². The normalized spacial score (nSPS) is 11.1. The van der Waals surface area contributed by atoms with Crippen molar-refractivity contribution in [2.45, 2.75) is 36.5 Å². The summed E-state index contributed by atoms with van der Waals surface area (Å²) < 4.78 is 0. The fraction of sp³-hybridized carbons (Fsp3) is 0.148. The highest BCUT2D eigenvalue weighted by molar-refractivity contribution is 7.99. The van der Waals surface area contributed by atoms with Gasteiger partial charge in [0.15, 0.2) is 10.8 Å². The second-order valence-corrected chi connectivity index (χ2v) is 11.1. The van der Waals surface area contributed by atoms with Gasteiger partial charge in [0.2, 0.25) is 0 Å². The highest BCUT2D eigenvalue weighted by Gasteiger charge is 2.15. The smallest absolute Gasteiger partial charge is 0.257 e. The number of rotatable bonds is 7. The number of nitrogens with one attached hydrogen (secondary N) is 2. The second-order valence-electron chi connectivity index (χ2n) is 8.72. The van der Waals surface area contributed by atoms with Gasteiger partial charge in [0.05, 0.1) is 11.1 Å². The van der Waals surface area contributed by atoms with E-state index in [2.05, 4.69) is 39.4 Å². The first-order chi connectivity index (χ1) is 17.9. The maximum atomic E-state index is 13.0. The molecule has 186 valence electrons. The summed E-state index contributed by atoms with van der Waals surface area (Å²) in [5.74, 6) is 0.660. The number of aromatic nitrogens is 4. The van der Waals surface area contributed by atoms with Gasteiger partial charge in [-0.1, -0.05) is 25.6 Å². The van der Waals surface area contributed by atoms with E-state index in [0.29, 0.717) is 27.8 Å². The molecule has 0 fully saturated rings. The zero-order valence-corrected chi connectivity index (χ0v) is 22.2. The molecule has 2 aromatic carbocycles. The molecular weight excluding hydrogens is 502 g/mol. The Morgan fingerprint density at radius 3 is 2.57 bits per heavy atom. The Morgan fingerprint density at radius 2 is 1.84 bits per heavy atom. The van der Waals surface area contributed by atoms with Crippen LogP contribution in [0.5, 0.6) is 0 Å². The molecule has 0 bridgehead atoms. The lowest BCUT2D eigenvalue weighted by Crippen LogP contribution is -2.12. The lowest BCUT2D eigenvalue weighted by molar-refractivity contribution is 0.102. The monoisotopic (exact) mass is 527 g/mol. The van der Waals surface area contributed by atoms with Gasteiger partial charge in [0, 0.05) is 37.8 Å². The van der Waals surface area contributed by atoms with E-state index in [0.717, 1.165) is 31.4 Å². The van der Waals surface area contributed by atoms with E-state index in [4.69, 9.17) is 10.7 Å². The number of carbonyl (C=O) groups is 1. The van der Waals surface area contributed by atoms with Crippen LogP contribution in [0.15, 0.2) is 76.9 Å². The zero-order chi connectivity index (χ0) is 25.9. The third-order valence-electron chi connectivity index (χ3n) is 5.55. The fourth-order valence-electron chi connectivity index (χ4n) is 3.61. The molecule has 0 atom stereocenters. The van der Waals surface area contributed by atoms with Crippen molar-refractivity contribution in [3.63, 3.8) is 0 Å². The molecule has 10 heteroatoms. The maximum Gasteiger partial charge on any atom is 0.257 e. The van der Waals surface area contributed by atoms with Crippen LogP contribution in [0.4, 0.5) is 22.3 Å². The molecule has 3 aromatic heterocycles. The predicted octanol–water partition coefficient (Wildman–Crippen LogP) is 6.64. The molecule has 0 radical (unpaired) electrons. The third-order valence-corrected chi connectivity index (χ3v) is 7.47. The summed E-state index contributed by atoms with van der Waals surface area (Å²) in [5.41, 5.74) is 9.37. The van der Waals surface area contributed by atoms with Crippen LogP contribution in [-0.2, 0) is 0 Å². The topological polar surface area (TPSA) is 119 Å². The van der Waals surface area contributed by atoms with Gasteiger partial charge in [-0.25, -0.2) is 19.9 Å². The molecule has 8 nitrogen and oxygen atoms in total. The van der Waals surface area contributed by atoms with Crippen molar-refractivity contribution in [1.82, 2.24) is 19.9 Å². The molecule has 5 aromatic rings. The number of pyridine rings is 1. The number of hydrogen-bond acceptors (Lipinski definition) is 9. The molecular formula is C27H25N7OS2. The van der Waals surface area contributed by atoms with E-state index in [1.54, 1.807) is 24.0 Å². The van der Waals surface area contributed by atoms with Crippen LogP contribution < -0.4 is 16.4 Å². The average Bonchev–Trinajstić information content (AvgIpc) is 3.30. The van der Waals surface area contributed by atoms with E-state index < -0.39 is 0 Å². The van der Waals surface area contributed by atoms with Crippen LogP contribution >= 0.6 is 23.1 Å². The minimum Gasteiger partial charge on any atom is -0.399 e. The quantitative estimate of drug-likeness (QED) is 0.202. The first-order valence-electron chi connectivity index (χ1n) is 11.7. The molecule has 0 spiro atoms. The molecule has 4 N–H and O–H groups in total. The number of anilines is 4. The number of amides is 1. The molecule has 3 heterocycles. The zero-order valence-electron chi connectivity index (χ0n) is 20.5. The van der Waals surface area contributed by atoms with Crippen molar-refractivity contribution in [2.24, 2.45) is 0 Å². The van der Waals surface area contributed by atoms with Crippen molar-refractivity contribution < 1.29 is 4.79 Å². The summed E-state index contributed by atoms with van der Waals surface area (Å²) in [4.78, 5) is 33.8. The number of nitrogens with two attached hydrogens (primary N) is 1. The predicted molar refractivity (Wildman–Crippen MR) is 151 cm³/mol. The van der Waals surface area contributed by atoms with Gasteiger partial charge in [-0.05, 0) is 67.4 Å². The lowest BCUT2D eigenvalue weighted by Gasteiger charge is -2.15. The number of fused-ring (bicyclic) bond motifs is 1. The first-order valence-corrected chi connectivity index (χ1v) is 13.3. The van der Waals surface area contributed by atoms with Crippen molar-refractivity contribution in [1.29, 1.82) is 0 Å². The van der Waals surface area contributed by atoms with Crippen molar-refractivity contribution in [3.8, 4) is 0 Å². The van der Waals surface area contributed by atoms with Crippen molar-refractivity contribution in [2.75, 3.05) is 16.4 Å². The highest BCUT2D eigenvalue weighted by atomic mass is 32.2. The van der Waals surface area contributed by atoms with E-state index in [9.17, 15) is 4.79 Å². The Labute approximate surface area is 222 Å². The highest BCUT2D eigenvalue weighted by Crippen LogP contribution is 2.37. The molecule has 0 saturated carbocycles. The van der Waals surface area contributed by atoms with Gasteiger partial charge in [-0.3, -0.25) is 10.1 Å². The summed E-state index contributed by atoms with van der Waals surface area (Å²) in [5, 5.41) is 7.66. The summed E-state index contributed by atoms with van der Waals surface area (Å²) in [7, 11) is 0. The largest absolute Gasteiger partial charge is 0.399 e. The molecule has 0 aliphatic rings. The van der Waals surface area contributed by atoms with E-state index in [1.165, 1.54) is 17.7 Å². The minimum absolute atomic E-state index is 0.239. The molecule has 0 aliphatic carbocycles. The number of carbonyl (C=O) groups excluding carboxylic acids is 1. The maximum absolute atomic E-state index is 13.0. The number of nitrogen functional groups attached to an aromatic ring is 1. The van der Waals surface area contributed by atoms with E-state index in [-0.39, 0.29) is 11.8 Å². The molecule has 0 aliphatic heterocycles. The van der Waals surface area contributed by atoms with E-state index in [1.807, 2.05) is 55.5 Å². The van der Waals surface area contributed by atoms with Crippen LogP contribution in [0.3, 0.4) is 0 Å². The van der Waals surface area contributed by atoms with Gasteiger partial charge >= 0.3 is 0 Å². The van der Waals surface area contributed by atoms with Crippen LogP contribution in [-0.4, -0.2) is 25.8 Å². The fourth-order valence-corrected chi connectivity index (χ4v) is 5.15. The van der Waals surface area contributed by atoms with Gasteiger partial charge in [0.1, 0.15) is 12.1 Å². The number of nitrogens with zero attached hydrogens (tertiary/aromatic N) is 4. The van der Waals surface area contributed by atoms with Gasteiger partial charge in [-0.2, -0.15) is 0 Å². The summed E-state index contributed by atoms with van der Waals surface area (Å²) in [6.45, 7) is 6.14. The number of hydrogen-bond donors (Lipinski definition) is 3. The Balaban J connectivity index is 1.52. The van der Waals surface area contributed by atoms with Gasteiger partial charge in [0.25, 0.3) is 5.91 Å². The SMILES string of the molecule is Cc1cnc(NC(=O)c2ccc(Sc3ccc(N)cc3)c(Nc3ncnc4nc(C(C)C)ccc34)c2)s1. The Bertz CT molecular complexity index is 1580. The summed E-state index contributed by atoms with van der Waals surface area (Å²) in [6, 6.07) is 17.2. The third kappa shape index (κ3) is 5.71. The molecule has 37 heavy (non-hydrogen) atoms. The standard InChI is InChI=1S/C27H25N7OS2/c1-15(2)21-10-9-20-24(32-21)30-14-31-25(20)33-22-12-17(26(35)34-27-29-13-16(3)36-27)4-11-23(22)37-19-7-5-18(28)6-8-19/h4-15H,28H2,1-3H3,(H,29,34,35)(H,30,31,32,33).